The van der Waals surface area contributed by atoms with E-state index < -0.39 is 15.7 Å². The Morgan fingerprint density at radius 3 is 2.43 bits per heavy atom. The Bertz CT molecular complexity index is 1810. The van der Waals surface area contributed by atoms with E-state index in [9.17, 15) is 18.0 Å². The summed E-state index contributed by atoms with van der Waals surface area (Å²) in [6.07, 6.45) is 1.91. The molecule has 8 heteroatoms. The fourth-order valence-electron chi connectivity index (χ4n) is 4.53. The summed E-state index contributed by atoms with van der Waals surface area (Å²) in [5, 5.41) is 6.64. The summed E-state index contributed by atoms with van der Waals surface area (Å²) in [4.78, 5) is 28.6. The van der Waals surface area contributed by atoms with Gasteiger partial charge in [0.1, 0.15) is 0 Å². The number of benzene rings is 4. The van der Waals surface area contributed by atoms with Crippen molar-refractivity contribution in [2.45, 2.75) is 16.3 Å². The van der Waals surface area contributed by atoms with Crippen LogP contribution in [0.2, 0.25) is 0 Å². The van der Waals surface area contributed by atoms with Crippen LogP contribution >= 0.6 is 0 Å². The highest BCUT2D eigenvalue weighted by atomic mass is 32.2. The first kappa shape index (κ1) is 22.8. The molecule has 0 saturated heterocycles. The van der Waals surface area contributed by atoms with E-state index in [2.05, 4.69) is 27.8 Å². The maximum Gasteiger partial charge on any atom is 0.257 e. The number of aromatic amines is 1. The van der Waals surface area contributed by atoms with E-state index in [-0.39, 0.29) is 32.5 Å². The van der Waals surface area contributed by atoms with Crippen LogP contribution < -0.4 is 10.6 Å². The molecule has 0 unspecified atom stereocenters. The van der Waals surface area contributed by atoms with Gasteiger partial charge in [0, 0.05) is 23.8 Å². The third kappa shape index (κ3) is 4.07. The van der Waals surface area contributed by atoms with E-state index in [1.165, 1.54) is 30.3 Å². The number of hydrogen-bond acceptors (Lipinski definition) is 4. The Hall–Kier alpha value is -4.69. The number of fused-ring (bicyclic) bond motifs is 3. The van der Waals surface area contributed by atoms with Gasteiger partial charge in [-0.3, -0.25) is 9.59 Å². The van der Waals surface area contributed by atoms with Gasteiger partial charge in [0.15, 0.2) is 0 Å². The molecule has 7 nitrogen and oxygen atoms in total. The van der Waals surface area contributed by atoms with Crippen LogP contribution in [-0.4, -0.2) is 25.2 Å². The van der Waals surface area contributed by atoms with Gasteiger partial charge in [0.2, 0.25) is 9.84 Å². The topological polar surface area (TPSA) is 108 Å². The second-order valence-electron chi connectivity index (χ2n) is 8.82. The minimum absolute atomic E-state index is 0.0456. The summed E-state index contributed by atoms with van der Waals surface area (Å²) in [6, 6.07) is 26.5. The van der Waals surface area contributed by atoms with Crippen molar-refractivity contribution in [2.75, 3.05) is 5.32 Å². The van der Waals surface area contributed by atoms with E-state index in [1.54, 1.807) is 12.1 Å². The summed E-state index contributed by atoms with van der Waals surface area (Å²) < 4.78 is 26.3. The molecule has 2 amide bonds. The standard InChI is InChI=1S/C29H21N3O4S/c33-28(31-17-18-5-7-19(8-6-18)20-9-11-24-21(15-20)13-14-30-24)22-10-12-27-25(16-22)32-29(34)23-3-1-2-4-26(23)37(27,35)36/h1-16,30H,17H2,(H,31,33)(H,32,34). The lowest BCUT2D eigenvalue weighted by Gasteiger charge is -2.11. The highest BCUT2D eigenvalue weighted by molar-refractivity contribution is 7.91. The fraction of sp³-hybridized carbons (Fsp3) is 0.0345. The zero-order chi connectivity index (χ0) is 25.6. The van der Waals surface area contributed by atoms with Gasteiger partial charge in [-0.25, -0.2) is 8.42 Å². The Kier molecular flexibility index (Phi) is 5.39. The van der Waals surface area contributed by atoms with E-state index in [4.69, 9.17) is 0 Å². The molecule has 4 aromatic carbocycles. The molecule has 1 aliphatic rings. The molecule has 6 rings (SSSR count). The number of rotatable bonds is 4. The largest absolute Gasteiger partial charge is 0.361 e. The molecular formula is C29H21N3O4S. The predicted octanol–water partition coefficient (Wildman–Crippen LogP) is 5.16. The molecule has 2 heterocycles. The van der Waals surface area contributed by atoms with Crippen LogP contribution in [0.5, 0.6) is 0 Å². The van der Waals surface area contributed by atoms with E-state index in [0.717, 1.165) is 27.6 Å². The molecule has 0 radical (unpaired) electrons. The predicted molar refractivity (Wildman–Crippen MR) is 141 cm³/mol. The number of amides is 2. The van der Waals surface area contributed by atoms with Gasteiger partial charge in [-0.05, 0) is 70.6 Å². The summed E-state index contributed by atoms with van der Waals surface area (Å²) in [5.41, 5.74) is 4.58. The van der Waals surface area contributed by atoms with Crippen molar-refractivity contribution >= 4 is 38.2 Å². The average molecular weight is 508 g/mol. The molecule has 0 aliphatic carbocycles. The second-order valence-corrected chi connectivity index (χ2v) is 10.7. The minimum atomic E-state index is -3.92. The quantitative estimate of drug-likeness (QED) is 0.312. The van der Waals surface area contributed by atoms with Crippen molar-refractivity contribution < 1.29 is 18.0 Å². The average Bonchev–Trinajstić information content (AvgIpc) is 3.37. The third-order valence-corrected chi connectivity index (χ3v) is 8.36. The third-order valence-electron chi connectivity index (χ3n) is 6.49. The minimum Gasteiger partial charge on any atom is -0.361 e. The number of carbonyl (C=O) groups excluding carboxylic acids is 2. The molecule has 0 atom stereocenters. The van der Waals surface area contributed by atoms with Crippen LogP contribution in [0.25, 0.3) is 22.0 Å². The van der Waals surface area contributed by atoms with Gasteiger partial charge in [-0.1, -0.05) is 42.5 Å². The van der Waals surface area contributed by atoms with Crippen LogP contribution in [0.4, 0.5) is 5.69 Å². The molecule has 182 valence electrons. The number of nitrogens with one attached hydrogen (secondary N) is 3. The van der Waals surface area contributed by atoms with E-state index in [1.807, 2.05) is 42.6 Å². The van der Waals surface area contributed by atoms with Crippen molar-refractivity contribution in [3.05, 3.63) is 114 Å². The van der Waals surface area contributed by atoms with Crippen LogP contribution in [0.1, 0.15) is 26.3 Å². The summed E-state index contributed by atoms with van der Waals surface area (Å²) in [7, 11) is -3.92. The Morgan fingerprint density at radius 1 is 0.811 bits per heavy atom. The first-order valence-corrected chi connectivity index (χ1v) is 13.1. The lowest BCUT2D eigenvalue weighted by Crippen LogP contribution is -2.23. The monoisotopic (exact) mass is 507 g/mol. The lowest BCUT2D eigenvalue weighted by molar-refractivity contribution is 0.0949. The van der Waals surface area contributed by atoms with Gasteiger partial charge in [-0.15, -0.1) is 0 Å². The van der Waals surface area contributed by atoms with E-state index >= 15 is 0 Å². The molecule has 1 aromatic heterocycles. The lowest BCUT2D eigenvalue weighted by atomic mass is 10.0. The second kappa shape index (κ2) is 8.76. The molecule has 3 N–H and O–H groups in total. The molecule has 0 saturated carbocycles. The van der Waals surface area contributed by atoms with Gasteiger partial charge < -0.3 is 15.6 Å². The first-order chi connectivity index (χ1) is 17.9. The molecule has 0 bridgehead atoms. The van der Waals surface area contributed by atoms with Crippen LogP contribution in [0.3, 0.4) is 0 Å². The summed E-state index contributed by atoms with van der Waals surface area (Å²) >= 11 is 0. The maximum atomic E-state index is 13.1. The first-order valence-electron chi connectivity index (χ1n) is 11.6. The van der Waals surface area contributed by atoms with Crippen molar-refractivity contribution in [2.24, 2.45) is 0 Å². The van der Waals surface area contributed by atoms with Gasteiger partial charge in [0.25, 0.3) is 11.8 Å². The maximum absolute atomic E-state index is 13.1. The van der Waals surface area contributed by atoms with Gasteiger partial charge in [-0.2, -0.15) is 0 Å². The van der Waals surface area contributed by atoms with Crippen molar-refractivity contribution in [3.8, 4) is 11.1 Å². The zero-order valence-electron chi connectivity index (χ0n) is 19.5. The smallest absolute Gasteiger partial charge is 0.257 e. The Morgan fingerprint density at radius 2 is 1.59 bits per heavy atom. The highest BCUT2D eigenvalue weighted by Gasteiger charge is 2.31. The number of aromatic nitrogens is 1. The number of sulfone groups is 1. The number of hydrogen-bond donors (Lipinski definition) is 3. The summed E-state index contributed by atoms with van der Waals surface area (Å²) in [6.45, 7) is 0.295. The normalized spacial score (nSPS) is 13.8. The molecule has 0 fully saturated rings. The fourth-order valence-corrected chi connectivity index (χ4v) is 6.12. The molecule has 37 heavy (non-hydrogen) atoms. The number of carbonyl (C=O) groups is 2. The summed E-state index contributed by atoms with van der Waals surface area (Å²) in [5.74, 6) is -0.913. The molecule has 1 aliphatic heterocycles. The molecule has 0 spiro atoms. The Balaban J connectivity index is 1.19. The van der Waals surface area contributed by atoms with E-state index in [0.29, 0.717) is 6.54 Å². The number of anilines is 1. The van der Waals surface area contributed by atoms with Crippen LogP contribution in [0.15, 0.2) is 107 Å². The Labute approximate surface area is 213 Å². The zero-order valence-corrected chi connectivity index (χ0v) is 20.3. The van der Waals surface area contributed by atoms with Gasteiger partial charge >= 0.3 is 0 Å². The molecular weight excluding hydrogens is 486 g/mol. The highest BCUT2D eigenvalue weighted by Crippen LogP contribution is 2.34. The van der Waals surface area contributed by atoms with Crippen LogP contribution in [0, 0.1) is 0 Å². The van der Waals surface area contributed by atoms with Crippen molar-refractivity contribution in [3.63, 3.8) is 0 Å². The van der Waals surface area contributed by atoms with Crippen molar-refractivity contribution in [1.82, 2.24) is 10.3 Å². The van der Waals surface area contributed by atoms with Crippen molar-refractivity contribution in [1.29, 1.82) is 0 Å². The SMILES string of the molecule is O=C(NCc1ccc(-c2ccc3[nH]ccc3c2)cc1)c1ccc2c(c1)NC(=O)c1ccccc1S2(=O)=O. The van der Waals surface area contributed by atoms with Gasteiger partial charge in [0.05, 0.1) is 21.0 Å². The molecule has 5 aromatic rings. The van der Waals surface area contributed by atoms with Crippen LogP contribution in [-0.2, 0) is 16.4 Å². The number of H-pyrrole nitrogens is 1.